The number of nitrogens with one attached hydrogen (secondary N) is 4. The van der Waals surface area contributed by atoms with Gasteiger partial charge >= 0.3 is 12.1 Å². The number of esters is 1. The second kappa shape index (κ2) is 13.2. The number of carbonyl (C=O) groups is 5. The van der Waals surface area contributed by atoms with Gasteiger partial charge in [0.05, 0.1) is 13.7 Å². The molecule has 1 fully saturated rings. The predicted molar refractivity (Wildman–Crippen MR) is 121 cm³/mol. The number of hydrogen-bond acceptors (Lipinski definition) is 7. The van der Waals surface area contributed by atoms with Crippen LogP contribution in [0.5, 0.6) is 0 Å². The smallest absolute Gasteiger partial charge is 0.408 e. The Morgan fingerprint density at radius 3 is 2.41 bits per heavy atom. The molecule has 186 valence electrons. The highest BCUT2D eigenvalue weighted by molar-refractivity contribution is 5.91. The molecular weight excluding hydrogens is 444 g/mol. The van der Waals surface area contributed by atoms with Crippen molar-refractivity contribution >= 4 is 29.8 Å². The summed E-state index contributed by atoms with van der Waals surface area (Å²) in [6.45, 7) is 3.62. The van der Waals surface area contributed by atoms with Crippen molar-refractivity contribution in [2.75, 3.05) is 20.2 Å². The van der Waals surface area contributed by atoms with Gasteiger partial charge in [0.25, 0.3) is 0 Å². The molecule has 1 unspecified atom stereocenters. The fourth-order valence-electron chi connectivity index (χ4n) is 3.46. The number of rotatable bonds is 11. The van der Waals surface area contributed by atoms with E-state index < -0.39 is 48.4 Å². The highest BCUT2D eigenvalue weighted by atomic mass is 16.5. The molecule has 1 aliphatic rings. The van der Waals surface area contributed by atoms with Crippen LogP contribution < -0.4 is 21.3 Å². The molecule has 1 saturated heterocycles. The molecule has 1 aromatic carbocycles. The number of amides is 4. The van der Waals surface area contributed by atoms with Crippen molar-refractivity contribution in [3.8, 4) is 0 Å². The average Bonchev–Trinajstić information content (AvgIpc) is 3.23. The third kappa shape index (κ3) is 8.38. The number of methoxy groups -OCH3 is 1. The lowest BCUT2D eigenvalue weighted by atomic mass is 9.98. The Bertz CT molecular complexity index is 875. The van der Waals surface area contributed by atoms with E-state index in [-0.39, 0.29) is 24.9 Å². The van der Waals surface area contributed by atoms with Crippen molar-refractivity contribution < 1.29 is 33.4 Å². The van der Waals surface area contributed by atoms with Crippen LogP contribution >= 0.6 is 0 Å². The van der Waals surface area contributed by atoms with Gasteiger partial charge in [-0.25, -0.2) is 9.59 Å². The summed E-state index contributed by atoms with van der Waals surface area (Å²) in [5, 5.41) is 10.1. The highest BCUT2D eigenvalue weighted by Crippen LogP contribution is 2.16. The molecule has 0 saturated carbocycles. The van der Waals surface area contributed by atoms with E-state index in [4.69, 9.17) is 9.47 Å². The number of carbonyl (C=O) groups excluding carboxylic acids is 5. The summed E-state index contributed by atoms with van der Waals surface area (Å²) < 4.78 is 9.87. The topological polar surface area (TPSA) is 152 Å². The third-order valence-electron chi connectivity index (χ3n) is 5.36. The lowest BCUT2D eigenvalue weighted by Crippen LogP contribution is -2.53. The number of alkyl carbamates (subject to hydrolysis) is 1. The fraction of sp³-hybridized carbons (Fsp3) is 0.522. The second-order valence-electron chi connectivity index (χ2n) is 8.30. The molecule has 0 bridgehead atoms. The van der Waals surface area contributed by atoms with Gasteiger partial charge in [0.15, 0.2) is 0 Å². The molecule has 2 rings (SSSR count). The van der Waals surface area contributed by atoms with Crippen molar-refractivity contribution in [1.82, 2.24) is 21.3 Å². The van der Waals surface area contributed by atoms with E-state index in [1.807, 2.05) is 18.2 Å². The minimum absolute atomic E-state index is 0.0510. The van der Waals surface area contributed by atoms with Crippen LogP contribution in [-0.2, 0) is 35.3 Å². The van der Waals surface area contributed by atoms with Crippen LogP contribution in [0, 0.1) is 11.8 Å². The van der Waals surface area contributed by atoms with E-state index in [9.17, 15) is 24.0 Å². The maximum atomic E-state index is 12.6. The molecule has 1 aliphatic heterocycles. The summed E-state index contributed by atoms with van der Waals surface area (Å²) in [6, 6.07) is 7.14. The minimum atomic E-state index is -1.02. The van der Waals surface area contributed by atoms with E-state index in [1.54, 1.807) is 26.0 Å². The first-order valence-electron chi connectivity index (χ1n) is 11.1. The molecule has 11 nitrogen and oxygen atoms in total. The summed E-state index contributed by atoms with van der Waals surface area (Å²) in [7, 11) is 1.19. The van der Waals surface area contributed by atoms with Crippen molar-refractivity contribution in [3.63, 3.8) is 0 Å². The van der Waals surface area contributed by atoms with Crippen LogP contribution in [-0.4, -0.2) is 62.1 Å². The number of benzene rings is 1. The second-order valence-corrected chi connectivity index (χ2v) is 8.30. The Kier molecular flexibility index (Phi) is 10.3. The van der Waals surface area contributed by atoms with Crippen LogP contribution in [0.1, 0.15) is 32.3 Å². The van der Waals surface area contributed by atoms with E-state index in [0.717, 1.165) is 5.56 Å². The van der Waals surface area contributed by atoms with E-state index >= 15 is 0 Å². The summed E-state index contributed by atoms with van der Waals surface area (Å²) >= 11 is 0. The Labute approximate surface area is 198 Å². The van der Waals surface area contributed by atoms with E-state index in [1.165, 1.54) is 7.11 Å². The standard InChI is InChI=1S/C23H32N4O7/c1-14(2)19(27-23(32)34-13-15-7-5-4-6-8-15)21(30)25-12-18(28)26-17(22(31)33-3)11-16-9-10-24-20(16)29/h4-8,14,16-17,19H,9-13H2,1-3H3,(H,24,29)(H,25,30)(H,26,28)(H,27,32)/t16-,17-,19?/m0/s1. The van der Waals surface area contributed by atoms with Gasteiger partial charge in [-0.2, -0.15) is 0 Å². The van der Waals surface area contributed by atoms with Crippen molar-refractivity contribution in [2.45, 2.75) is 45.4 Å². The first-order chi connectivity index (χ1) is 16.2. The fourth-order valence-corrected chi connectivity index (χ4v) is 3.46. The number of hydrogen-bond donors (Lipinski definition) is 4. The lowest BCUT2D eigenvalue weighted by Gasteiger charge is -2.22. The molecule has 0 radical (unpaired) electrons. The van der Waals surface area contributed by atoms with Gasteiger partial charge < -0.3 is 30.7 Å². The van der Waals surface area contributed by atoms with Crippen LogP contribution in [0.3, 0.4) is 0 Å². The van der Waals surface area contributed by atoms with Crippen LogP contribution in [0.2, 0.25) is 0 Å². The molecule has 4 N–H and O–H groups in total. The van der Waals surface area contributed by atoms with Crippen molar-refractivity contribution in [1.29, 1.82) is 0 Å². The first kappa shape index (κ1) is 26.6. The van der Waals surface area contributed by atoms with Crippen molar-refractivity contribution in [2.24, 2.45) is 11.8 Å². The summed E-state index contributed by atoms with van der Waals surface area (Å²) in [6.07, 6.45) is -0.106. The Morgan fingerprint density at radius 1 is 1.12 bits per heavy atom. The molecular formula is C23H32N4O7. The zero-order valence-electron chi connectivity index (χ0n) is 19.6. The van der Waals surface area contributed by atoms with Crippen LogP contribution in [0.4, 0.5) is 4.79 Å². The van der Waals surface area contributed by atoms with Gasteiger partial charge in [-0.3, -0.25) is 14.4 Å². The molecule has 0 aliphatic carbocycles. The molecule has 3 atom stereocenters. The van der Waals surface area contributed by atoms with Gasteiger partial charge in [0.2, 0.25) is 17.7 Å². The Balaban J connectivity index is 1.84. The Morgan fingerprint density at radius 2 is 1.82 bits per heavy atom. The van der Waals surface area contributed by atoms with Gasteiger partial charge in [0.1, 0.15) is 18.7 Å². The summed E-state index contributed by atoms with van der Waals surface area (Å²) in [4.78, 5) is 60.9. The van der Waals surface area contributed by atoms with Crippen LogP contribution in [0.15, 0.2) is 30.3 Å². The van der Waals surface area contributed by atoms with Gasteiger partial charge in [-0.05, 0) is 24.3 Å². The van der Waals surface area contributed by atoms with E-state index in [2.05, 4.69) is 21.3 Å². The van der Waals surface area contributed by atoms with Gasteiger partial charge in [-0.15, -0.1) is 0 Å². The third-order valence-corrected chi connectivity index (χ3v) is 5.36. The quantitative estimate of drug-likeness (QED) is 0.334. The molecule has 0 spiro atoms. The maximum absolute atomic E-state index is 12.6. The molecule has 11 heteroatoms. The zero-order valence-corrected chi connectivity index (χ0v) is 19.6. The lowest BCUT2D eigenvalue weighted by molar-refractivity contribution is -0.145. The largest absolute Gasteiger partial charge is 0.467 e. The molecule has 1 aromatic rings. The van der Waals surface area contributed by atoms with Gasteiger partial charge in [-0.1, -0.05) is 44.2 Å². The zero-order chi connectivity index (χ0) is 25.1. The summed E-state index contributed by atoms with van der Waals surface area (Å²) in [5.74, 6) is -2.75. The average molecular weight is 477 g/mol. The van der Waals surface area contributed by atoms with Crippen molar-refractivity contribution in [3.05, 3.63) is 35.9 Å². The van der Waals surface area contributed by atoms with Crippen LogP contribution in [0.25, 0.3) is 0 Å². The SMILES string of the molecule is COC(=O)[C@H](C[C@@H]1CCNC1=O)NC(=O)CNC(=O)C(NC(=O)OCc1ccccc1)C(C)C. The molecule has 34 heavy (non-hydrogen) atoms. The molecule has 1 heterocycles. The van der Waals surface area contributed by atoms with Gasteiger partial charge in [0, 0.05) is 12.5 Å². The minimum Gasteiger partial charge on any atom is -0.467 e. The first-order valence-corrected chi connectivity index (χ1v) is 11.1. The monoisotopic (exact) mass is 476 g/mol. The van der Waals surface area contributed by atoms with E-state index in [0.29, 0.717) is 13.0 Å². The number of ether oxygens (including phenoxy) is 2. The maximum Gasteiger partial charge on any atom is 0.408 e. The molecule has 0 aromatic heterocycles. The normalized spacial score (nSPS) is 16.7. The summed E-state index contributed by atoms with van der Waals surface area (Å²) in [5.41, 5.74) is 0.801. The highest BCUT2D eigenvalue weighted by Gasteiger charge is 2.32. The Hall–Kier alpha value is -3.63. The molecule has 4 amide bonds. The predicted octanol–water partition coefficient (Wildman–Crippen LogP) is 0.238.